The molecular weight excluding hydrogens is 404 g/mol. The molecule has 29 heavy (non-hydrogen) atoms. The summed E-state index contributed by atoms with van der Waals surface area (Å²) in [7, 11) is 1.99. The molecule has 0 spiro atoms. The number of benzene rings is 2. The Bertz CT molecular complexity index is 1130. The van der Waals surface area contributed by atoms with Crippen LogP contribution in [0.2, 0.25) is 0 Å². The van der Waals surface area contributed by atoms with Gasteiger partial charge in [0.05, 0.1) is 17.3 Å². The predicted octanol–water partition coefficient (Wildman–Crippen LogP) is 3.98. The molecule has 7 nitrogen and oxygen atoms in total. The van der Waals surface area contributed by atoms with Crippen LogP contribution in [-0.4, -0.2) is 38.2 Å². The molecule has 1 saturated heterocycles. The predicted molar refractivity (Wildman–Crippen MR) is 116 cm³/mol. The molecule has 0 bridgehead atoms. The van der Waals surface area contributed by atoms with Crippen LogP contribution in [0.25, 0.3) is 0 Å². The summed E-state index contributed by atoms with van der Waals surface area (Å²) in [6.45, 7) is 0.442. The maximum atomic E-state index is 13.4. The lowest BCUT2D eigenvalue weighted by atomic mass is 10.2. The number of aliphatic imine (C=N–C) groups is 1. The number of carbonyl (C=O) groups excluding carboxylic acids is 1. The lowest BCUT2D eigenvalue weighted by molar-refractivity contribution is -0.122. The van der Waals surface area contributed by atoms with Gasteiger partial charge in [-0.2, -0.15) is 15.1 Å². The zero-order valence-electron chi connectivity index (χ0n) is 15.4. The quantitative estimate of drug-likeness (QED) is 0.646. The molecule has 144 valence electrons. The maximum Gasteiger partial charge on any atom is 0.269 e. The number of thioether (sulfide) groups is 2. The van der Waals surface area contributed by atoms with Crippen molar-refractivity contribution in [1.82, 2.24) is 20.1 Å². The monoisotopic (exact) mass is 420 g/mol. The number of aromatic amines is 1. The molecule has 2 aliphatic rings. The SMILES string of the molecule is CN1/C(=C2/S/C(=N\c3ncn[nH]3)N(Cc3ccccc3)C2=O)Sc2ccccc21. The Balaban J connectivity index is 1.55. The second kappa shape index (κ2) is 7.41. The molecule has 3 heterocycles. The van der Waals surface area contributed by atoms with Crippen LogP contribution in [-0.2, 0) is 11.3 Å². The van der Waals surface area contributed by atoms with Crippen LogP contribution in [0.5, 0.6) is 0 Å². The van der Waals surface area contributed by atoms with E-state index in [2.05, 4.69) is 37.2 Å². The van der Waals surface area contributed by atoms with E-state index in [4.69, 9.17) is 0 Å². The van der Waals surface area contributed by atoms with Crippen LogP contribution in [0, 0.1) is 0 Å². The third-order valence-electron chi connectivity index (χ3n) is 4.58. The average Bonchev–Trinajstić information content (AvgIpc) is 3.44. The Labute approximate surface area is 175 Å². The van der Waals surface area contributed by atoms with Gasteiger partial charge in [-0.25, -0.2) is 5.10 Å². The van der Waals surface area contributed by atoms with E-state index < -0.39 is 0 Å². The summed E-state index contributed by atoms with van der Waals surface area (Å²) in [5.74, 6) is 0.319. The van der Waals surface area contributed by atoms with Gasteiger partial charge >= 0.3 is 0 Å². The van der Waals surface area contributed by atoms with E-state index in [0.717, 1.165) is 21.2 Å². The molecule has 0 aliphatic carbocycles. The molecule has 5 rings (SSSR count). The van der Waals surface area contributed by atoms with Gasteiger partial charge in [-0.1, -0.05) is 54.2 Å². The summed E-state index contributed by atoms with van der Waals surface area (Å²) in [6, 6.07) is 18.0. The summed E-state index contributed by atoms with van der Waals surface area (Å²) in [4.78, 5) is 27.6. The van der Waals surface area contributed by atoms with Crippen molar-refractivity contribution in [2.45, 2.75) is 11.4 Å². The van der Waals surface area contributed by atoms with E-state index in [-0.39, 0.29) is 5.91 Å². The minimum Gasteiger partial charge on any atom is -0.337 e. The normalized spacial score (nSPS) is 20.0. The van der Waals surface area contributed by atoms with Crippen molar-refractivity contribution in [2.24, 2.45) is 4.99 Å². The Kier molecular flexibility index (Phi) is 4.61. The first-order valence-electron chi connectivity index (χ1n) is 8.93. The summed E-state index contributed by atoms with van der Waals surface area (Å²) >= 11 is 2.98. The number of fused-ring (bicyclic) bond motifs is 1. The highest BCUT2D eigenvalue weighted by Crippen LogP contribution is 2.50. The number of hydrogen-bond donors (Lipinski definition) is 1. The third kappa shape index (κ3) is 3.32. The van der Waals surface area contributed by atoms with Crippen molar-refractivity contribution in [3.05, 3.63) is 76.4 Å². The molecule has 1 N–H and O–H groups in total. The number of amides is 1. The van der Waals surface area contributed by atoms with Gasteiger partial charge in [0.15, 0.2) is 5.17 Å². The van der Waals surface area contributed by atoms with Crippen molar-refractivity contribution in [3.63, 3.8) is 0 Å². The van der Waals surface area contributed by atoms with Crippen molar-refractivity contribution in [1.29, 1.82) is 0 Å². The van der Waals surface area contributed by atoms with Crippen LogP contribution in [0.4, 0.5) is 11.6 Å². The standard InChI is InChI=1S/C20H16N6OS2/c1-25-14-9-5-6-10-15(14)28-18(25)16-17(27)26(11-13-7-3-2-4-8-13)20(29-16)23-19-21-12-22-24-19/h2-10,12H,11H2,1H3,(H,21,22,24)/b18-16-,23-20-. The van der Waals surface area contributed by atoms with Crippen molar-refractivity contribution < 1.29 is 4.79 Å². The maximum absolute atomic E-state index is 13.4. The Morgan fingerprint density at radius 1 is 1.07 bits per heavy atom. The molecule has 0 radical (unpaired) electrons. The first-order valence-corrected chi connectivity index (χ1v) is 10.6. The van der Waals surface area contributed by atoms with E-state index in [1.807, 2.05) is 49.5 Å². The fourth-order valence-electron chi connectivity index (χ4n) is 3.17. The molecule has 1 fully saturated rings. The molecule has 1 amide bonds. The molecule has 9 heteroatoms. The fourth-order valence-corrected chi connectivity index (χ4v) is 5.49. The first-order chi connectivity index (χ1) is 14.2. The minimum absolute atomic E-state index is 0.0562. The Morgan fingerprint density at radius 2 is 1.86 bits per heavy atom. The summed E-state index contributed by atoms with van der Waals surface area (Å²) < 4.78 is 0. The number of hydrogen-bond acceptors (Lipinski definition) is 7. The molecule has 0 saturated carbocycles. The first kappa shape index (κ1) is 18.0. The summed E-state index contributed by atoms with van der Waals surface area (Å²) in [5.41, 5.74) is 2.14. The number of rotatable bonds is 3. The Morgan fingerprint density at radius 3 is 2.62 bits per heavy atom. The van der Waals surface area contributed by atoms with Gasteiger partial charge in [-0.3, -0.25) is 9.69 Å². The van der Waals surface area contributed by atoms with Crippen molar-refractivity contribution in [2.75, 3.05) is 11.9 Å². The van der Waals surface area contributed by atoms with Gasteiger partial charge in [-0.05, 0) is 29.5 Å². The van der Waals surface area contributed by atoms with Gasteiger partial charge in [0.25, 0.3) is 5.91 Å². The van der Waals surface area contributed by atoms with Crippen molar-refractivity contribution >= 4 is 46.2 Å². The van der Waals surface area contributed by atoms with Gasteiger partial charge in [0.2, 0.25) is 5.95 Å². The number of amidine groups is 1. The number of para-hydroxylation sites is 1. The zero-order valence-corrected chi connectivity index (χ0v) is 17.1. The molecular formula is C20H16N6OS2. The fraction of sp³-hybridized carbons (Fsp3) is 0.100. The van der Waals surface area contributed by atoms with Gasteiger partial charge in [0, 0.05) is 11.9 Å². The molecule has 3 aromatic rings. The van der Waals surface area contributed by atoms with Crippen molar-refractivity contribution in [3.8, 4) is 0 Å². The minimum atomic E-state index is -0.0562. The van der Waals surface area contributed by atoms with Crippen LogP contribution < -0.4 is 4.90 Å². The highest BCUT2D eigenvalue weighted by molar-refractivity contribution is 8.19. The molecule has 0 unspecified atom stereocenters. The second-order valence-electron chi connectivity index (χ2n) is 6.45. The van der Waals surface area contributed by atoms with E-state index in [9.17, 15) is 4.79 Å². The molecule has 2 aromatic carbocycles. The smallest absolute Gasteiger partial charge is 0.269 e. The Hall–Kier alpha value is -3.04. The zero-order chi connectivity index (χ0) is 19.8. The van der Waals surface area contributed by atoms with Gasteiger partial charge < -0.3 is 4.90 Å². The van der Waals surface area contributed by atoms with Crippen LogP contribution in [0.3, 0.4) is 0 Å². The lowest BCUT2D eigenvalue weighted by Gasteiger charge is -2.16. The number of aromatic nitrogens is 3. The number of nitrogens with one attached hydrogen (secondary N) is 1. The second-order valence-corrected chi connectivity index (χ2v) is 8.45. The van der Waals surface area contributed by atoms with Gasteiger partial charge in [0.1, 0.15) is 11.2 Å². The average molecular weight is 421 g/mol. The topological polar surface area (TPSA) is 77.5 Å². The number of nitrogens with zero attached hydrogens (tertiary/aromatic N) is 5. The molecule has 0 atom stereocenters. The van der Waals surface area contributed by atoms with E-state index in [0.29, 0.717) is 22.6 Å². The molecule has 1 aromatic heterocycles. The summed E-state index contributed by atoms with van der Waals surface area (Å²) in [5, 5.41) is 8.09. The number of carbonyl (C=O) groups is 1. The van der Waals surface area contributed by atoms with E-state index in [1.54, 1.807) is 16.7 Å². The largest absolute Gasteiger partial charge is 0.337 e. The van der Waals surface area contributed by atoms with Crippen LogP contribution >= 0.6 is 23.5 Å². The molecule has 2 aliphatic heterocycles. The number of anilines is 1. The highest BCUT2D eigenvalue weighted by atomic mass is 32.2. The van der Waals surface area contributed by atoms with Gasteiger partial charge in [-0.15, -0.1) is 0 Å². The lowest BCUT2D eigenvalue weighted by Crippen LogP contribution is -2.29. The number of H-pyrrole nitrogens is 1. The van der Waals surface area contributed by atoms with E-state index >= 15 is 0 Å². The third-order valence-corrected chi connectivity index (χ3v) is 7.02. The summed E-state index contributed by atoms with van der Waals surface area (Å²) in [6.07, 6.45) is 1.40. The van der Waals surface area contributed by atoms with Crippen LogP contribution in [0.15, 0.2) is 80.7 Å². The van der Waals surface area contributed by atoms with E-state index in [1.165, 1.54) is 18.1 Å². The highest BCUT2D eigenvalue weighted by Gasteiger charge is 2.39. The van der Waals surface area contributed by atoms with Crippen LogP contribution in [0.1, 0.15) is 5.56 Å².